The first-order valence-electron chi connectivity index (χ1n) is 20.8. The van der Waals surface area contributed by atoms with Crippen molar-refractivity contribution in [2.24, 2.45) is 0 Å². The van der Waals surface area contributed by atoms with Gasteiger partial charge in [0, 0.05) is 33.4 Å². The maximum atomic E-state index is 9.72. The standard InChI is InChI=1S/C54H35NO/c1-3-17-44-36(12-1)14-10-22-45(44)39-15-9-16-43(34-39)55(41-30-26-37(27-31-41)47-23-11-24-51-50-21-7-8-25-53(50)56-54(47)51)42-32-28-38(29-33-42)52-35-40-13-2-4-18-46(40)48-19-5-6-20-49(48)52/h1-35H/i28D,29D,32D,33D. The van der Waals surface area contributed by atoms with E-state index in [9.17, 15) is 5.48 Å². The zero-order valence-electron chi connectivity index (χ0n) is 34.3. The van der Waals surface area contributed by atoms with Crippen molar-refractivity contribution >= 4 is 71.3 Å². The quantitative estimate of drug-likeness (QED) is 0.159. The number of fused-ring (bicyclic) bond motifs is 7. The van der Waals surface area contributed by atoms with Gasteiger partial charge in [0.2, 0.25) is 0 Å². The van der Waals surface area contributed by atoms with Gasteiger partial charge in [0.25, 0.3) is 0 Å². The zero-order chi connectivity index (χ0) is 40.5. The lowest BCUT2D eigenvalue weighted by Gasteiger charge is -2.26. The maximum absolute atomic E-state index is 9.72. The van der Waals surface area contributed by atoms with Crippen LogP contribution in [0.4, 0.5) is 17.1 Å². The van der Waals surface area contributed by atoms with Gasteiger partial charge >= 0.3 is 0 Å². The second kappa shape index (κ2) is 13.2. The normalized spacial score (nSPS) is 12.6. The second-order valence-electron chi connectivity index (χ2n) is 14.2. The maximum Gasteiger partial charge on any atom is 0.143 e. The molecule has 262 valence electrons. The molecule has 0 saturated carbocycles. The van der Waals surface area contributed by atoms with Crippen LogP contribution >= 0.6 is 0 Å². The summed E-state index contributed by atoms with van der Waals surface area (Å²) in [6.07, 6.45) is 0. The fourth-order valence-corrected chi connectivity index (χ4v) is 8.27. The Morgan fingerprint density at radius 3 is 1.80 bits per heavy atom. The summed E-state index contributed by atoms with van der Waals surface area (Å²) >= 11 is 0. The fourth-order valence-electron chi connectivity index (χ4n) is 8.27. The second-order valence-corrected chi connectivity index (χ2v) is 14.2. The third-order valence-electron chi connectivity index (χ3n) is 10.9. The molecule has 0 amide bonds. The highest BCUT2D eigenvalue weighted by molar-refractivity contribution is 6.14. The molecule has 0 radical (unpaired) electrons. The van der Waals surface area contributed by atoms with Crippen LogP contribution in [-0.4, -0.2) is 0 Å². The van der Waals surface area contributed by atoms with Crippen molar-refractivity contribution in [3.63, 3.8) is 0 Å². The van der Waals surface area contributed by atoms with Crippen LogP contribution in [0.2, 0.25) is 0 Å². The van der Waals surface area contributed by atoms with E-state index in [0.717, 1.165) is 76.5 Å². The number of nitrogens with zero attached hydrogens (tertiary/aromatic N) is 1. The van der Waals surface area contributed by atoms with Crippen LogP contribution in [0.3, 0.4) is 0 Å². The SMILES string of the molecule is [2H]c1c([2H])c(N(c2ccc(-c3cccc4c3oc3ccccc34)cc2)c2cccc(-c3cccc4ccccc34)c2)c([2H])c([2H])c1-c1cc2ccccc2c2ccccc12. The highest BCUT2D eigenvalue weighted by Gasteiger charge is 2.17. The van der Waals surface area contributed by atoms with Crippen LogP contribution < -0.4 is 4.90 Å². The van der Waals surface area contributed by atoms with Crippen molar-refractivity contribution < 1.29 is 9.90 Å². The molecule has 11 aromatic rings. The van der Waals surface area contributed by atoms with E-state index in [1.165, 1.54) is 0 Å². The van der Waals surface area contributed by atoms with E-state index in [1.54, 1.807) is 0 Å². The zero-order valence-corrected chi connectivity index (χ0v) is 30.3. The topological polar surface area (TPSA) is 16.4 Å². The van der Waals surface area contributed by atoms with E-state index < -0.39 is 0 Å². The van der Waals surface area contributed by atoms with E-state index in [0.29, 0.717) is 16.9 Å². The molecule has 56 heavy (non-hydrogen) atoms. The number of hydrogen-bond acceptors (Lipinski definition) is 2. The molecule has 10 aromatic carbocycles. The Labute approximate surface area is 330 Å². The Kier molecular flexibility index (Phi) is 6.60. The summed E-state index contributed by atoms with van der Waals surface area (Å²) in [6, 6.07) is 62.6. The number of rotatable bonds is 6. The molecule has 0 N–H and O–H groups in total. The summed E-state index contributed by atoms with van der Waals surface area (Å²) < 4.78 is 45.1. The predicted octanol–water partition coefficient (Wildman–Crippen LogP) is 15.5. The summed E-state index contributed by atoms with van der Waals surface area (Å²) in [5.74, 6) is 0. The summed E-state index contributed by atoms with van der Waals surface area (Å²) in [5.41, 5.74) is 8.07. The summed E-state index contributed by atoms with van der Waals surface area (Å²) in [6.45, 7) is 0. The lowest BCUT2D eigenvalue weighted by atomic mass is 9.93. The molecular weight excluding hydrogens is 679 g/mol. The van der Waals surface area contributed by atoms with Gasteiger partial charge in [0.15, 0.2) is 0 Å². The van der Waals surface area contributed by atoms with Gasteiger partial charge in [0.05, 0.1) is 5.48 Å². The van der Waals surface area contributed by atoms with Gasteiger partial charge < -0.3 is 9.32 Å². The minimum absolute atomic E-state index is 0.102. The predicted molar refractivity (Wildman–Crippen MR) is 237 cm³/mol. The average Bonchev–Trinajstić information content (AvgIpc) is 3.69. The number of benzene rings is 10. The first kappa shape index (κ1) is 28.1. The molecule has 11 rings (SSSR count). The smallest absolute Gasteiger partial charge is 0.143 e. The molecule has 2 heteroatoms. The Morgan fingerprint density at radius 2 is 0.964 bits per heavy atom. The Bertz CT molecular complexity index is 3460. The number of furan rings is 1. The number of anilines is 3. The first-order chi connectivity index (χ1) is 29.4. The van der Waals surface area contributed by atoms with Crippen LogP contribution in [0.1, 0.15) is 5.48 Å². The van der Waals surface area contributed by atoms with Crippen molar-refractivity contribution in [2.45, 2.75) is 0 Å². The molecule has 0 aliphatic carbocycles. The Hall–Kier alpha value is -7.42. The van der Waals surface area contributed by atoms with Gasteiger partial charge in [-0.15, -0.1) is 0 Å². The summed E-state index contributed by atoms with van der Waals surface area (Å²) in [7, 11) is 0. The van der Waals surface area contributed by atoms with Crippen molar-refractivity contribution in [3.8, 4) is 33.4 Å². The van der Waals surface area contributed by atoms with Gasteiger partial charge in [0.1, 0.15) is 11.2 Å². The van der Waals surface area contributed by atoms with Crippen molar-refractivity contribution in [1.29, 1.82) is 0 Å². The first-order valence-corrected chi connectivity index (χ1v) is 18.8. The minimum atomic E-state index is -0.130. The Morgan fingerprint density at radius 1 is 0.339 bits per heavy atom. The molecule has 0 fully saturated rings. The van der Waals surface area contributed by atoms with Gasteiger partial charge in [-0.05, 0) is 109 Å². The fraction of sp³-hybridized carbons (Fsp3) is 0. The van der Waals surface area contributed by atoms with E-state index in [1.807, 2.05) is 120 Å². The number of para-hydroxylation sites is 2. The highest BCUT2D eigenvalue weighted by Crippen LogP contribution is 2.42. The van der Waals surface area contributed by atoms with Crippen LogP contribution in [0.15, 0.2) is 217 Å². The van der Waals surface area contributed by atoms with Crippen LogP contribution in [0, 0.1) is 0 Å². The number of hydrogen-bond donors (Lipinski definition) is 0. The van der Waals surface area contributed by atoms with Crippen molar-refractivity contribution in [1.82, 2.24) is 0 Å². The highest BCUT2D eigenvalue weighted by atomic mass is 16.3. The third kappa shape index (κ3) is 5.34. The van der Waals surface area contributed by atoms with Gasteiger partial charge in [-0.3, -0.25) is 0 Å². The average molecular weight is 718 g/mol. The van der Waals surface area contributed by atoms with Crippen molar-refractivity contribution in [2.75, 3.05) is 4.90 Å². The molecule has 0 aliphatic heterocycles. The Balaban J connectivity index is 1.12. The van der Waals surface area contributed by atoms with E-state index in [2.05, 4.69) is 72.8 Å². The lowest BCUT2D eigenvalue weighted by molar-refractivity contribution is 0.670. The molecule has 0 saturated heterocycles. The molecular formula is C54H35NO. The molecule has 1 heterocycles. The molecule has 0 aliphatic rings. The minimum Gasteiger partial charge on any atom is -0.455 e. The van der Waals surface area contributed by atoms with Crippen LogP contribution in [0.5, 0.6) is 0 Å². The summed E-state index contributed by atoms with van der Waals surface area (Å²) in [5, 5.41) is 8.26. The molecule has 2 nitrogen and oxygen atoms in total. The van der Waals surface area contributed by atoms with E-state index >= 15 is 0 Å². The van der Waals surface area contributed by atoms with Gasteiger partial charge in [-0.25, -0.2) is 0 Å². The van der Waals surface area contributed by atoms with Crippen LogP contribution in [0.25, 0.3) is 87.6 Å². The molecule has 1 aromatic heterocycles. The van der Waals surface area contributed by atoms with Crippen molar-refractivity contribution in [3.05, 3.63) is 212 Å². The molecule has 0 atom stereocenters. The van der Waals surface area contributed by atoms with E-state index in [-0.39, 0.29) is 35.4 Å². The van der Waals surface area contributed by atoms with Gasteiger partial charge in [-0.1, -0.05) is 164 Å². The summed E-state index contributed by atoms with van der Waals surface area (Å²) in [4.78, 5) is 1.86. The lowest BCUT2D eigenvalue weighted by Crippen LogP contribution is -2.10. The molecule has 0 spiro atoms. The largest absolute Gasteiger partial charge is 0.455 e. The monoisotopic (exact) mass is 717 g/mol. The molecule has 0 bridgehead atoms. The third-order valence-corrected chi connectivity index (χ3v) is 10.9. The van der Waals surface area contributed by atoms with E-state index in [4.69, 9.17) is 4.42 Å². The molecule has 0 unspecified atom stereocenters. The van der Waals surface area contributed by atoms with Gasteiger partial charge in [-0.2, -0.15) is 0 Å². The van der Waals surface area contributed by atoms with Crippen LogP contribution in [-0.2, 0) is 0 Å².